The van der Waals surface area contributed by atoms with E-state index in [2.05, 4.69) is 0 Å². The molecule has 1 fully saturated rings. The first kappa shape index (κ1) is 13.0. The molecule has 0 aromatic heterocycles. The molecule has 1 aliphatic heterocycles. The highest BCUT2D eigenvalue weighted by atomic mass is 16.3. The Morgan fingerprint density at radius 3 is 2.69 bits per heavy atom. The van der Waals surface area contributed by atoms with E-state index in [1.54, 1.807) is 18.9 Å². The van der Waals surface area contributed by atoms with Crippen molar-refractivity contribution < 1.29 is 14.7 Å². The monoisotopic (exact) mass is 228 g/mol. The van der Waals surface area contributed by atoms with Crippen LogP contribution in [-0.2, 0) is 9.59 Å². The van der Waals surface area contributed by atoms with Gasteiger partial charge in [-0.1, -0.05) is 0 Å². The molecule has 16 heavy (non-hydrogen) atoms. The second-order valence-corrected chi connectivity index (χ2v) is 4.44. The van der Waals surface area contributed by atoms with Gasteiger partial charge >= 0.3 is 0 Å². The molecule has 1 N–H and O–H groups in total. The number of rotatable bonds is 3. The van der Waals surface area contributed by atoms with Gasteiger partial charge in [-0.05, 0) is 19.8 Å². The fraction of sp³-hybridized carbons (Fsp3) is 0.818. The molecule has 0 bridgehead atoms. The predicted molar refractivity (Wildman–Crippen MR) is 59.7 cm³/mol. The molecule has 0 radical (unpaired) electrons. The lowest BCUT2D eigenvalue weighted by molar-refractivity contribution is -0.142. The molecular weight excluding hydrogens is 208 g/mol. The van der Waals surface area contributed by atoms with Crippen LogP contribution in [0.3, 0.4) is 0 Å². The molecule has 5 heteroatoms. The van der Waals surface area contributed by atoms with Crippen molar-refractivity contribution in [1.29, 1.82) is 0 Å². The highest BCUT2D eigenvalue weighted by Gasteiger charge is 2.34. The van der Waals surface area contributed by atoms with Gasteiger partial charge in [-0.15, -0.1) is 0 Å². The summed E-state index contributed by atoms with van der Waals surface area (Å²) in [7, 11) is 1.66. The van der Waals surface area contributed by atoms with E-state index >= 15 is 0 Å². The summed E-state index contributed by atoms with van der Waals surface area (Å²) in [4.78, 5) is 26.4. The van der Waals surface area contributed by atoms with Crippen molar-refractivity contribution in [3.8, 4) is 0 Å². The van der Waals surface area contributed by atoms with Gasteiger partial charge in [0.25, 0.3) is 0 Å². The molecule has 2 atom stereocenters. The molecule has 0 saturated carbocycles. The van der Waals surface area contributed by atoms with E-state index < -0.39 is 6.10 Å². The third-order valence-corrected chi connectivity index (χ3v) is 2.86. The van der Waals surface area contributed by atoms with Gasteiger partial charge in [-0.25, -0.2) is 0 Å². The first-order chi connectivity index (χ1) is 7.43. The number of amides is 2. The largest absolute Gasteiger partial charge is 0.392 e. The van der Waals surface area contributed by atoms with Gasteiger partial charge in [0, 0.05) is 27.1 Å². The van der Waals surface area contributed by atoms with Crippen LogP contribution >= 0.6 is 0 Å². The molecular formula is C11H20N2O3. The fourth-order valence-corrected chi connectivity index (χ4v) is 2.14. The minimum absolute atomic E-state index is 0.0544. The van der Waals surface area contributed by atoms with E-state index in [0.29, 0.717) is 13.1 Å². The highest BCUT2D eigenvalue weighted by molar-refractivity contribution is 5.87. The van der Waals surface area contributed by atoms with Crippen molar-refractivity contribution in [1.82, 2.24) is 9.80 Å². The van der Waals surface area contributed by atoms with Crippen LogP contribution in [0.5, 0.6) is 0 Å². The van der Waals surface area contributed by atoms with Gasteiger partial charge in [-0.3, -0.25) is 9.59 Å². The van der Waals surface area contributed by atoms with Gasteiger partial charge in [0.1, 0.15) is 6.04 Å². The third-order valence-electron chi connectivity index (χ3n) is 2.86. The van der Waals surface area contributed by atoms with Crippen molar-refractivity contribution in [3.05, 3.63) is 0 Å². The molecule has 0 aliphatic carbocycles. The second kappa shape index (κ2) is 5.30. The zero-order valence-electron chi connectivity index (χ0n) is 10.1. The van der Waals surface area contributed by atoms with Crippen molar-refractivity contribution in [2.75, 3.05) is 20.1 Å². The zero-order valence-corrected chi connectivity index (χ0v) is 10.1. The zero-order chi connectivity index (χ0) is 12.3. The standard InChI is InChI=1S/C11H20N2O3/c1-8(14)7-12(3)11(16)10-5-4-6-13(10)9(2)15/h8,10,14H,4-7H2,1-3H3/t8?,10-/m0/s1. The van der Waals surface area contributed by atoms with Crippen LogP contribution in [0.25, 0.3) is 0 Å². The highest BCUT2D eigenvalue weighted by Crippen LogP contribution is 2.19. The summed E-state index contributed by atoms with van der Waals surface area (Å²) in [6.07, 6.45) is 1.06. The van der Waals surface area contributed by atoms with Crippen LogP contribution in [0.15, 0.2) is 0 Å². The van der Waals surface area contributed by atoms with Crippen LogP contribution in [-0.4, -0.2) is 59.0 Å². The summed E-state index contributed by atoms with van der Waals surface area (Å²) in [5, 5.41) is 9.22. The fourth-order valence-electron chi connectivity index (χ4n) is 2.14. The normalized spacial score (nSPS) is 22.0. The van der Waals surface area contributed by atoms with Crippen molar-refractivity contribution in [2.24, 2.45) is 0 Å². The van der Waals surface area contributed by atoms with Gasteiger partial charge in [0.05, 0.1) is 6.10 Å². The number of aliphatic hydroxyl groups excluding tert-OH is 1. The Labute approximate surface area is 96.0 Å². The molecule has 2 amide bonds. The Morgan fingerprint density at radius 1 is 1.56 bits per heavy atom. The van der Waals surface area contributed by atoms with Gasteiger partial charge in [0.2, 0.25) is 11.8 Å². The van der Waals surface area contributed by atoms with Crippen molar-refractivity contribution in [2.45, 2.75) is 38.8 Å². The molecule has 0 aromatic carbocycles. The van der Waals surface area contributed by atoms with Gasteiger partial charge < -0.3 is 14.9 Å². The summed E-state index contributed by atoms with van der Waals surface area (Å²) < 4.78 is 0. The van der Waals surface area contributed by atoms with E-state index in [-0.39, 0.29) is 17.9 Å². The Bertz CT molecular complexity index is 278. The molecule has 1 saturated heterocycles. The average molecular weight is 228 g/mol. The maximum atomic E-state index is 12.0. The van der Waals surface area contributed by atoms with Crippen molar-refractivity contribution in [3.63, 3.8) is 0 Å². The van der Waals surface area contributed by atoms with Crippen LogP contribution in [0, 0.1) is 0 Å². The lowest BCUT2D eigenvalue weighted by Crippen LogP contribution is -2.47. The molecule has 0 aromatic rings. The lowest BCUT2D eigenvalue weighted by Gasteiger charge is -2.27. The van der Waals surface area contributed by atoms with Crippen LogP contribution in [0.2, 0.25) is 0 Å². The predicted octanol–water partition coefficient (Wildman–Crippen LogP) is -0.163. The summed E-state index contributed by atoms with van der Waals surface area (Å²) in [5.41, 5.74) is 0. The van der Waals surface area contributed by atoms with E-state index in [0.717, 1.165) is 12.8 Å². The number of likely N-dealkylation sites (N-methyl/N-ethyl adjacent to an activating group) is 1. The summed E-state index contributed by atoms with van der Waals surface area (Å²) in [5.74, 6) is -0.130. The summed E-state index contributed by atoms with van der Waals surface area (Å²) in [6, 6.07) is -0.332. The van der Waals surface area contributed by atoms with Crippen LogP contribution in [0.1, 0.15) is 26.7 Å². The number of nitrogens with zero attached hydrogens (tertiary/aromatic N) is 2. The van der Waals surface area contributed by atoms with E-state index in [9.17, 15) is 14.7 Å². The maximum Gasteiger partial charge on any atom is 0.245 e. The van der Waals surface area contributed by atoms with Gasteiger partial charge in [-0.2, -0.15) is 0 Å². The minimum Gasteiger partial charge on any atom is -0.392 e. The van der Waals surface area contributed by atoms with E-state index in [1.807, 2.05) is 0 Å². The number of hydrogen-bond acceptors (Lipinski definition) is 3. The first-order valence-corrected chi connectivity index (χ1v) is 5.63. The molecule has 1 rings (SSSR count). The minimum atomic E-state index is -0.541. The lowest BCUT2D eigenvalue weighted by atomic mass is 10.2. The number of carbonyl (C=O) groups is 2. The quantitative estimate of drug-likeness (QED) is 0.730. The SMILES string of the molecule is CC(=O)N1CCC[C@H]1C(=O)N(C)CC(C)O. The molecule has 1 unspecified atom stereocenters. The smallest absolute Gasteiger partial charge is 0.245 e. The summed E-state index contributed by atoms with van der Waals surface area (Å²) >= 11 is 0. The molecule has 1 heterocycles. The van der Waals surface area contributed by atoms with Crippen molar-refractivity contribution >= 4 is 11.8 Å². The Morgan fingerprint density at radius 2 is 2.19 bits per heavy atom. The molecule has 92 valence electrons. The number of carbonyl (C=O) groups excluding carboxylic acids is 2. The second-order valence-electron chi connectivity index (χ2n) is 4.44. The summed E-state index contributed by atoms with van der Waals surface area (Å²) in [6.45, 7) is 4.09. The number of aliphatic hydroxyl groups is 1. The molecule has 5 nitrogen and oxygen atoms in total. The molecule has 1 aliphatic rings. The Kier molecular flexibility index (Phi) is 4.29. The number of hydrogen-bond donors (Lipinski definition) is 1. The first-order valence-electron chi connectivity index (χ1n) is 5.63. The average Bonchev–Trinajstić information content (AvgIpc) is 2.63. The molecule has 0 spiro atoms. The Balaban J connectivity index is 2.62. The topological polar surface area (TPSA) is 60.9 Å². The number of likely N-dealkylation sites (tertiary alicyclic amines) is 1. The van der Waals surface area contributed by atoms with Crippen LogP contribution < -0.4 is 0 Å². The van der Waals surface area contributed by atoms with Crippen LogP contribution in [0.4, 0.5) is 0 Å². The maximum absolute atomic E-state index is 12.0. The van der Waals surface area contributed by atoms with E-state index in [4.69, 9.17) is 0 Å². The third kappa shape index (κ3) is 2.95. The van der Waals surface area contributed by atoms with Gasteiger partial charge in [0.15, 0.2) is 0 Å². The van der Waals surface area contributed by atoms with E-state index in [1.165, 1.54) is 11.8 Å². The Hall–Kier alpha value is -1.10.